The van der Waals surface area contributed by atoms with Gasteiger partial charge in [0.2, 0.25) is 0 Å². The Morgan fingerprint density at radius 1 is 1.28 bits per heavy atom. The molecule has 1 saturated carbocycles. The molecule has 18 heavy (non-hydrogen) atoms. The van der Waals surface area contributed by atoms with Gasteiger partial charge in [0.05, 0.1) is 5.69 Å². The molecule has 1 aromatic rings. The van der Waals surface area contributed by atoms with Crippen molar-refractivity contribution in [3.63, 3.8) is 0 Å². The first-order chi connectivity index (χ1) is 8.29. The zero-order chi connectivity index (χ0) is 12.1. The van der Waals surface area contributed by atoms with Crippen LogP contribution in [0.3, 0.4) is 0 Å². The van der Waals surface area contributed by atoms with Gasteiger partial charge in [-0.05, 0) is 31.9 Å². The molecule has 1 aliphatic carbocycles. The van der Waals surface area contributed by atoms with E-state index in [9.17, 15) is 0 Å². The zero-order valence-corrected chi connectivity index (χ0v) is 12.3. The summed E-state index contributed by atoms with van der Waals surface area (Å²) in [6, 6.07) is 0.998. The third kappa shape index (κ3) is 4.39. The Labute approximate surface area is 119 Å². The first kappa shape index (κ1) is 15.7. The van der Waals surface area contributed by atoms with Gasteiger partial charge in [-0.2, -0.15) is 0 Å². The fraction of sp³-hybridized carbons (Fsp3) is 0.667. The number of rotatable bonds is 4. The van der Waals surface area contributed by atoms with E-state index < -0.39 is 0 Å². The standard InChI is InChI=1S/C12H20N4S.ClH/c1-17-12-11(14-6-7-15-12)8-16-10-4-2-9(13)3-5-10;/h6-7,9-10,16H,2-5,8,13H2,1H3;1H. The van der Waals surface area contributed by atoms with E-state index in [2.05, 4.69) is 15.3 Å². The smallest absolute Gasteiger partial charge is 0.119 e. The molecule has 1 aromatic heterocycles. The fourth-order valence-corrected chi connectivity index (χ4v) is 2.74. The molecule has 1 aliphatic rings. The van der Waals surface area contributed by atoms with Gasteiger partial charge < -0.3 is 11.1 Å². The van der Waals surface area contributed by atoms with E-state index in [1.807, 2.05) is 6.26 Å². The van der Waals surface area contributed by atoms with E-state index >= 15 is 0 Å². The Balaban J connectivity index is 0.00000162. The fourth-order valence-electron chi connectivity index (χ4n) is 2.21. The Hall–Kier alpha value is -0.360. The van der Waals surface area contributed by atoms with Crippen LogP contribution < -0.4 is 11.1 Å². The highest BCUT2D eigenvalue weighted by Crippen LogP contribution is 2.19. The third-order valence-electron chi connectivity index (χ3n) is 3.26. The minimum absolute atomic E-state index is 0. The predicted molar refractivity (Wildman–Crippen MR) is 78.1 cm³/mol. The second-order valence-corrected chi connectivity index (χ2v) is 5.30. The van der Waals surface area contributed by atoms with Crippen LogP contribution in [0.5, 0.6) is 0 Å². The molecule has 3 N–H and O–H groups in total. The third-order valence-corrected chi connectivity index (χ3v) is 3.99. The molecule has 0 bridgehead atoms. The van der Waals surface area contributed by atoms with Crippen molar-refractivity contribution in [2.45, 2.75) is 49.3 Å². The Kier molecular flexibility index (Phi) is 6.92. The molecule has 0 unspecified atom stereocenters. The highest BCUT2D eigenvalue weighted by Gasteiger charge is 2.18. The van der Waals surface area contributed by atoms with Crippen molar-refractivity contribution in [2.75, 3.05) is 6.26 Å². The van der Waals surface area contributed by atoms with Crippen molar-refractivity contribution in [1.82, 2.24) is 15.3 Å². The average Bonchev–Trinajstić information content (AvgIpc) is 2.38. The van der Waals surface area contributed by atoms with Gasteiger partial charge in [-0.1, -0.05) is 0 Å². The van der Waals surface area contributed by atoms with Gasteiger partial charge >= 0.3 is 0 Å². The molecule has 2 rings (SSSR count). The highest BCUT2D eigenvalue weighted by molar-refractivity contribution is 7.98. The molecule has 102 valence electrons. The maximum Gasteiger partial charge on any atom is 0.119 e. The van der Waals surface area contributed by atoms with Crippen LogP contribution in [-0.4, -0.2) is 28.3 Å². The summed E-state index contributed by atoms with van der Waals surface area (Å²) in [6.45, 7) is 0.809. The molecule has 1 fully saturated rings. The quantitative estimate of drug-likeness (QED) is 0.830. The number of halogens is 1. The van der Waals surface area contributed by atoms with E-state index in [0.717, 1.165) is 30.1 Å². The summed E-state index contributed by atoms with van der Waals surface area (Å²) in [7, 11) is 0. The molecule has 0 aliphatic heterocycles. The lowest BCUT2D eigenvalue weighted by molar-refractivity contribution is 0.340. The number of nitrogens with zero attached hydrogens (tertiary/aromatic N) is 2. The Morgan fingerprint density at radius 3 is 2.61 bits per heavy atom. The maximum absolute atomic E-state index is 5.90. The maximum atomic E-state index is 5.90. The molecule has 1 heterocycles. The Morgan fingerprint density at radius 2 is 1.94 bits per heavy atom. The van der Waals surface area contributed by atoms with Crippen LogP contribution in [0.1, 0.15) is 31.4 Å². The van der Waals surface area contributed by atoms with E-state index in [1.165, 1.54) is 12.8 Å². The number of hydrogen-bond acceptors (Lipinski definition) is 5. The monoisotopic (exact) mass is 288 g/mol. The van der Waals surface area contributed by atoms with E-state index in [4.69, 9.17) is 5.73 Å². The summed E-state index contributed by atoms with van der Waals surface area (Å²) in [6.07, 6.45) is 10.2. The van der Waals surface area contributed by atoms with Gasteiger partial charge in [0, 0.05) is 31.0 Å². The number of hydrogen-bond donors (Lipinski definition) is 2. The van der Waals surface area contributed by atoms with Crippen LogP contribution >= 0.6 is 24.2 Å². The summed E-state index contributed by atoms with van der Waals surface area (Å²) in [4.78, 5) is 8.69. The minimum Gasteiger partial charge on any atom is -0.328 e. The topological polar surface area (TPSA) is 63.8 Å². The summed E-state index contributed by atoms with van der Waals surface area (Å²) in [5, 5.41) is 4.58. The lowest BCUT2D eigenvalue weighted by Crippen LogP contribution is -2.37. The summed E-state index contributed by atoms with van der Waals surface area (Å²) in [5.74, 6) is 0. The Bertz CT molecular complexity index is 356. The van der Waals surface area contributed by atoms with Crippen molar-refractivity contribution in [3.05, 3.63) is 18.1 Å². The van der Waals surface area contributed by atoms with Crippen molar-refractivity contribution in [1.29, 1.82) is 0 Å². The molecule has 0 saturated heterocycles. The lowest BCUT2D eigenvalue weighted by atomic mass is 9.92. The molecular weight excluding hydrogens is 268 g/mol. The van der Waals surface area contributed by atoms with Crippen molar-refractivity contribution in [2.24, 2.45) is 5.73 Å². The van der Waals surface area contributed by atoms with Gasteiger partial charge in [0.1, 0.15) is 5.03 Å². The zero-order valence-electron chi connectivity index (χ0n) is 10.6. The molecule has 0 radical (unpaired) electrons. The highest BCUT2D eigenvalue weighted by atomic mass is 35.5. The lowest BCUT2D eigenvalue weighted by Gasteiger charge is -2.26. The first-order valence-corrected chi connectivity index (χ1v) is 7.35. The number of aromatic nitrogens is 2. The van der Waals surface area contributed by atoms with Crippen LogP contribution in [0.25, 0.3) is 0 Å². The van der Waals surface area contributed by atoms with Crippen molar-refractivity contribution < 1.29 is 0 Å². The van der Waals surface area contributed by atoms with Crippen LogP contribution in [0.4, 0.5) is 0 Å². The molecular formula is C12H21ClN4S. The normalized spacial score (nSPS) is 23.4. The summed E-state index contributed by atoms with van der Waals surface area (Å²) < 4.78 is 0. The second-order valence-electron chi connectivity index (χ2n) is 4.50. The van der Waals surface area contributed by atoms with Crippen LogP contribution in [0, 0.1) is 0 Å². The molecule has 0 amide bonds. The summed E-state index contributed by atoms with van der Waals surface area (Å²) in [5.41, 5.74) is 6.95. The number of thioether (sulfide) groups is 1. The van der Waals surface area contributed by atoms with E-state index in [1.54, 1.807) is 24.2 Å². The van der Waals surface area contributed by atoms with Gasteiger partial charge in [0.25, 0.3) is 0 Å². The number of nitrogens with one attached hydrogen (secondary N) is 1. The number of nitrogens with two attached hydrogens (primary N) is 1. The van der Waals surface area contributed by atoms with E-state index in [0.29, 0.717) is 12.1 Å². The molecule has 0 spiro atoms. The van der Waals surface area contributed by atoms with Crippen LogP contribution in [0.2, 0.25) is 0 Å². The summed E-state index contributed by atoms with van der Waals surface area (Å²) >= 11 is 1.65. The average molecular weight is 289 g/mol. The van der Waals surface area contributed by atoms with Crippen LogP contribution in [-0.2, 0) is 6.54 Å². The molecule has 0 aromatic carbocycles. The van der Waals surface area contributed by atoms with Crippen molar-refractivity contribution in [3.8, 4) is 0 Å². The SMILES string of the molecule is CSc1nccnc1CNC1CCC(N)CC1.Cl. The minimum atomic E-state index is 0. The van der Waals surface area contributed by atoms with Gasteiger partial charge in [-0.3, -0.25) is 4.98 Å². The molecule has 4 nitrogen and oxygen atoms in total. The van der Waals surface area contributed by atoms with Crippen molar-refractivity contribution >= 4 is 24.2 Å². The van der Waals surface area contributed by atoms with Gasteiger partial charge in [-0.15, -0.1) is 24.2 Å². The second kappa shape index (κ2) is 7.94. The molecule has 6 heteroatoms. The van der Waals surface area contributed by atoms with E-state index in [-0.39, 0.29) is 12.4 Å². The van der Waals surface area contributed by atoms with Gasteiger partial charge in [0.15, 0.2) is 0 Å². The first-order valence-electron chi connectivity index (χ1n) is 6.12. The molecule has 0 atom stereocenters. The predicted octanol–water partition coefficient (Wildman–Crippen LogP) is 1.98. The largest absolute Gasteiger partial charge is 0.328 e. The van der Waals surface area contributed by atoms with Crippen LogP contribution in [0.15, 0.2) is 17.4 Å². The van der Waals surface area contributed by atoms with Gasteiger partial charge in [-0.25, -0.2) is 4.98 Å².